The number of benzene rings is 1. The Bertz CT molecular complexity index is 419. The first-order valence-electron chi connectivity index (χ1n) is 4.49. The first-order valence-corrected chi connectivity index (χ1v) is 4.87. The van der Waals surface area contributed by atoms with Gasteiger partial charge >= 0.3 is 6.03 Å². The Hall–Kier alpha value is -1.59. The number of urea groups is 1. The van der Waals surface area contributed by atoms with Gasteiger partial charge in [-0.3, -0.25) is 0 Å². The molecule has 1 N–H and O–H groups in total. The van der Waals surface area contributed by atoms with Gasteiger partial charge in [-0.2, -0.15) is 4.48 Å². The van der Waals surface area contributed by atoms with Gasteiger partial charge in [-0.25, -0.2) is 4.79 Å². The van der Waals surface area contributed by atoms with Crippen molar-refractivity contribution < 1.29 is 14.7 Å². The largest absolute Gasteiger partial charge is 0.497 e. The van der Waals surface area contributed by atoms with E-state index in [9.17, 15) is 14.7 Å². The Balaban J connectivity index is 3.27. The smallest absolute Gasteiger partial charge is 0.427 e. The third-order valence-electron chi connectivity index (χ3n) is 2.33. The molecule has 1 aromatic carbocycles. The summed E-state index contributed by atoms with van der Waals surface area (Å²) in [5.74, 6) is 0. The molecule has 0 spiro atoms. The Labute approximate surface area is 97.8 Å². The second-order valence-corrected chi connectivity index (χ2v) is 3.74. The van der Waals surface area contributed by atoms with E-state index in [-0.39, 0.29) is 5.69 Å². The third-order valence-corrected chi connectivity index (χ3v) is 2.58. The van der Waals surface area contributed by atoms with Crippen molar-refractivity contribution in [2.75, 3.05) is 14.1 Å². The number of rotatable bonds is 1. The first kappa shape index (κ1) is 12.5. The molecule has 3 amide bonds. The van der Waals surface area contributed by atoms with Crippen molar-refractivity contribution in [3.63, 3.8) is 0 Å². The van der Waals surface area contributed by atoms with Crippen LogP contribution in [0, 0.1) is 0 Å². The van der Waals surface area contributed by atoms with Crippen LogP contribution in [-0.2, 0) is 0 Å². The highest BCUT2D eigenvalue weighted by molar-refractivity contribution is 6.30. The van der Waals surface area contributed by atoms with Crippen LogP contribution < -0.4 is 14.9 Å². The second kappa shape index (κ2) is 4.51. The van der Waals surface area contributed by atoms with Gasteiger partial charge < -0.3 is 15.2 Å². The molecule has 6 heteroatoms. The predicted octanol–water partition coefficient (Wildman–Crippen LogP) is 0.960. The van der Waals surface area contributed by atoms with Gasteiger partial charge in [0.15, 0.2) is 0 Å². The molecule has 0 aliphatic heterocycles. The molecule has 1 aromatic rings. The number of imide groups is 1. The molecule has 0 radical (unpaired) electrons. The molecule has 16 heavy (non-hydrogen) atoms. The minimum Gasteiger partial charge on any atom is -0.497 e. The van der Waals surface area contributed by atoms with Crippen LogP contribution in [0.3, 0.4) is 0 Å². The highest BCUT2D eigenvalue weighted by Gasteiger charge is 2.36. The number of carboxylic acid groups (broad SMARTS) is 1. The number of hydrogen-bond acceptors (Lipinski definition) is 3. The van der Waals surface area contributed by atoms with E-state index >= 15 is 0 Å². The molecule has 86 valence electrons. The van der Waals surface area contributed by atoms with Crippen LogP contribution in [-0.4, -0.2) is 26.2 Å². The number of carbonyl (C=O) groups is 2. The monoisotopic (exact) mass is 242 g/mol. The summed E-state index contributed by atoms with van der Waals surface area (Å²) in [4.78, 5) is 22.6. The van der Waals surface area contributed by atoms with Crippen LogP contribution in [0.15, 0.2) is 24.3 Å². The van der Waals surface area contributed by atoms with Gasteiger partial charge in [-0.1, -0.05) is 11.6 Å². The lowest BCUT2D eigenvalue weighted by Gasteiger charge is -2.29. The average Bonchev–Trinajstić information content (AvgIpc) is 2.27. The van der Waals surface area contributed by atoms with E-state index in [1.807, 2.05) is 0 Å². The molecule has 0 heterocycles. The number of halogens is 1. The van der Waals surface area contributed by atoms with Crippen LogP contribution in [0.25, 0.3) is 0 Å². The number of hydrogen-bond donors (Lipinski definition) is 1. The molecule has 0 bridgehead atoms. The van der Waals surface area contributed by atoms with Gasteiger partial charge in [-0.05, 0) is 12.1 Å². The topological polar surface area (TPSA) is 69.2 Å². The maximum absolute atomic E-state index is 11.6. The maximum atomic E-state index is 11.6. The standard InChI is InChI=1S/C10H11ClN2O3/c1-12-9(14)13(2,10(15)16)8-5-3-7(11)4-6-8/h3-6H,1-2H3,(H-,12,14,15,16). The summed E-state index contributed by atoms with van der Waals surface area (Å²) in [5.41, 5.74) is 0.267. The van der Waals surface area contributed by atoms with Crippen molar-refractivity contribution in [3.8, 4) is 0 Å². The van der Waals surface area contributed by atoms with Crippen molar-refractivity contribution in [1.29, 1.82) is 0 Å². The van der Waals surface area contributed by atoms with Crippen molar-refractivity contribution in [2.24, 2.45) is 0 Å². The summed E-state index contributed by atoms with van der Waals surface area (Å²) in [6, 6.07) is 5.27. The quantitative estimate of drug-likeness (QED) is 0.746. The zero-order valence-corrected chi connectivity index (χ0v) is 9.62. The Morgan fingerprint density at radius 1 is 1.31 bits per heavy atom. The Morgan fingerprint density at radius 3 is 2.19 bits per heavy atom. The van der Waals surface area contributed by atoms with Gasteiger partial charge in [0.2, 0.25) is 0 Å². The maximum Gasteiger partial charge on any atom is 0.427 e. The lowest BCUT2D eigenvalue weighted by molar-refractivity contribution is -0.259. The molecular formula is C10H11ClN2O3. The summed E-state index contributed by atoms with van der Waals surface area (Å²) >= 11 is 5.68. The summed E-state index contributed by atoms with van der Waals surface area (Å²) < 4.78 is -0.979. The molecule has 1 rings (SSSR count). The number of amides is 3. The highest BCUT2D eigenvalue weighted by Crippen LogP contribution is 2.23. The Morgan fingerprint density at radius 2 is 1.81 bits per heavy atom. The minimum absolute atomic E-state index is 0.267. The summed E-state index contributed by atoms with van der Waals surface area (Å²) in [5, 5.41) is 13.8. The molecule has 5 nitrogen and oxygen atoms in total. The van der Waals surface area contributed by atoms with E-state index in [2.05, 4.69) is 5.32 Å². The fourth-order valence-electron chi connectivity index (χ4n) is 1.27. The summed E-state index contributed by atoms with van der Waals surface area (Å²) in [6.07, 6.45) is -1.51. The lowest BCUT2D eigenvalue weighted by Crippen LogP contribution is -2.63. The van der Waals surface area contributed by atoms with E-state index in [1.54, 1.807) is 0 Å². The van der Waals surface area contributed by atoms with Gasteiger partial charge in [0.25, 0.3) is 6.09 Å². The van der Waals surface area contributed by atoms with Crippen LogP contribution in [0.2, 0.25) is 5.02 Å². The van der Waals surface area contributed by atoms with E-state index in [1.165, 1.54) is 38.4 Å². The molecule has 1 unspecified atom stereocenters. The van der Waals surface area contributed by atoms with Crippen molar-refractivity contribution >= 4 is 29.4 Å². The molecular weight excluding hydrogens is 232 g/mol. The molecule has 0 saturated carbocycles. The van der Waals surface area contributed by atoms with Crippen LogP contribution in [0.5, 0.6) is 0 Å². The minimum atomic E-state index is -1.51. The summed E-state index contributed by atoms with van der Waals surface area (Å²) in [6.45, 7) is 0. The predicted molar refractivity (Wildman–Crippen MR) is 59.0 cm³/mol. The van der Waals surface area contributed by atoms with Gasteiger partial charge in [0.1, 0.15) is 5.69 Å². The fraction of sp³-hybridized carbons (Fsp3) is 0.200. The fourth-order valence-corrected chi connectivity index (χ4v) is 1.39. The number of quaternary nitrogens is 1. The zero-order chi connectivity index (χ0) is 12.3. The molecule has 0 fully saturated rings. The number of nitrogens with zero attached hydrogens (tertiary/aromatic N) is 1. The third kappa shape index (κ3) is 2.00. The molecule has 0 aliphatic rings. The van der Waals surface area contributed by atoms with Crippen LogP contribution in [0.4, 0.5) is 15.3 Å². The average molecular weight is 243 g/mol. The molecule has 0 aliphatic carbocycles. The molecule has 1 atom stereocenters. The zero-order valence-electron chi connectivity index (χ0n) is 8.86. The van der Waals surface area contributed by atoms with Crippen molar-refractivity contribution in [3.05, 3.63) is 29.3 Å². The van der Waals surface area contributed by atoms with Crippen molar-refractivity contribution in [2.45, 2.75) is 0 Å². The van der Waals surface area contributed by atoms with Crippen molar-refractivity contribution in [1.82, 2.24) is 9.80 Å². The van der Waals surface area contributed by atoms with E-state index in [0.717, 1.165) is 0 Å². The Kier molecular flexibility index (Phi) is 3.51. The van der Waals surface area contributed by atoms with E-state index < -0.39 is 16.6 Å². The van der Waals surface area contributed by atoms with E-state index in [0.29, 0.717) is 5.02 Å². The van der Waals surface area contributed by atoms with Crippen LogP contribution in [0.1, 0.15) is 0 Å². The molecule has 0 aromatic heterocycles. The van der Waals surface area contributed by atoms with E-state index in [4.69, 9.17) is 11.6 Å². The normalized spacial score (nSPS) is 13.9. The second-order valence-electron chi connectivity index (χ2n) is 3.30. The van der Waals surface area contributed by atoms with Gasteiger partial charge in [0, 0.05) is 24.2 Å². The van der Waals surface area contributed by atoms with Crippen LogP contribution >= 0.6 is 11.6 Å². The van der Waals surface area contributed by atoms with Gasteiger partial charge in [0.05, 0.1) is 7.05 Å². The first-order chi connectivity index (χ1) is 7.42. The molecule has 0 saturated heterocycles. The highest BCUT2D eigenvalue weighted by atomic mass is 35.5. The number of nitrogens with one attached hydrogen (secondary N) is 1. The van der Waals surface area contributed by atoms with Gasteiger partial charge in [-0.15, -0.1) is 0 Å². The lowest BCUT2D eigenvalue weighted by atomic mass is 10.2. The summed E-state index contributed by atoms with van der Waals surface area (Å²) in [7, 11) is 2.59. The number of carbonyl (C=O) groups excluding carboxylic acids is 2. The SMILES string of the molecule is CNC(=O)[N+](C)(C(=O)[O-])c1ccc(Cl)cc1.